The third-order valence-corrected chi connectivity index (χ3v) is 4.80. The number of nitrogens with one attached hydrogen (secondary N) is 1. The van der Waals surface area contributed by atoms with E-state index < -0.39 is 6.03 Å². The standard InChI is InChI=1S/C21H24N4O3/c1-12(2)16-10-17(20(27)11-19(16)26)13(3)25(21(28)23-22)15-5-6-18-14(9-15)7-8-24(18)4/h5-12,26-27H,3,22H2,1-2,4H3,(H,23,28). The van der Waals surface area contributed by atoms with Crippen LogP contribution < -0.4 is 16.2 Å². The molecule has 3 aromatic rings. The fourth-order valence-corrected chi connectivity index (χ4v) is 3.28. The normalized spacial score (nSPS) is 11.0. The summed E-state index contributed by atoms with van der Waals surface area (Å²) in [5.41, 5.74) is 4.89. The highest BCUT2D eigenvalue weighted by atomic mass is 16.3. The fourth-order valence-electron chi connectivity index (χ4n) is 3.28. The molecule has 1 heterocycles. The largest absolute Gasteiger partial charge is 0.508 e. The number of rotatable bonds is 4. The highest BCUT2D eigenvalue weighted by Gasteiger charge is 2.23. The Morgan fingerprint density at radius 2 is 1.89 bits per heavy atom. The number of carbonyl (C=O) groups is 1. The quantitative estimate of drug-likeness (QED) is 0.314. The second kappa shape index (κ2) is 7.28. The minimum absolute atomic E-state index is 0.00965. The van der Waals surface area contributed by atoms with Gasteiger partial charge in [-0.3, -0.25) is 10.3 Å². The Labute approximate surface area is 163 Å². The van der Waals surface area contributed by atoms with Gasteiger partial charge in [0, 0.05) is 35.8 Å². The summed E-state index contributed by atoms with van der Waals surface area (Å²) in [6.45, 7) is 7.86. The minimum Gasteiger partial charge on any atom is -0.508 e. The average molecular weight is 380 g/mol. The van der Waals surface area contributed by atoms with E-state index in [9.17, 15) is 15.0 Å². The van der Waals surface area contributed by atoms with Crippen LogP contribution in [0.15, 0.2) is 49.2 Å². The van der Waals surface area contributed by atoms with Crippen molar-refractivity contribution >= 4 is 28.3 Å². The van der Waals surface area contributed by atoms with Gasteiger partial charge in [-0.2, -0.15) is 0 Å². The van der Waals surface area contributed by atoms with E-state index in [0.29, 0.717) is 16.8 Å². The second-order valence-electron chi connectivity index (χ2n) is 6.98. The number of aryl methyl sites for hydroxylation is 1. The third kappa shape index (κ3) is 3.27. The number of aromatic nitrogens is 1. The number of fused-ring (bicyclic) bond motifs is 1. The van der Waals surface area contributed by atoms with Crippen molar-refractivity contribution in [2.75, 3.05) is 4.90 Å². The Hall–Kier alpha value is -3.45. The average Bonchev–Trinajstić information content (AvgIpc) is 3.01. The summed E-state index contributed by atoms with van der Waals surface area (Å²) >= 11 is 0. The summed E-state index contributed by atoms with van der Waals surface area (Å²) in [6, 6.07) is 9.75. The molecule has 0 spiro atoms. The Morgan fingerprint density at radius 1 is 1.18 bits per heavy atom. The van der Waals surface area contributed by atoms with Crippen LogP contribution in [0.5, 0.6) is 11.5 Å². The smallest absolute Gasteiger partial charge is 0.340 e. The fraction of sp³-hybridized carbons (Fsp3) is 0.190. The van der Waals surface area contributed by atoms with Crippen molar-refractivity contribution in [2.45, 2.75) is 19.8 Å². The Kier molecular flexibility index (Phi) is 5.02. The molecule has 5 N–H and O–H groups in total. The van der Waals surface area contributed by atoms with Crippen LogP contribution in [0.3, 0.4) is 0 Å². The van der Waals surface area contributed by atoms with Gasteiger partial charge in [0.1, 0.15) is 11.5 Å². The van der Waals surface area contributed by atoms with Crippen LogP contribution in [0, 0.1) is 0 Å². The molecular formula is C21H24N4O3. The molecule has 7 heteroatoms. The number of hydrogen-bond acceptors (Lipinski definition) is 4. The number of anilines is 1. The van der Waals surface area contributed by atoms with E-state index in [1.165, 1.54) is 11.0 Å². The molecule has 2 aromatic carbocycles. The monoisotopic (exact) mass is 380 g/mol. The molecule has 146 valence electrons. The maximum Gasteiger partial charge on any atom is 0.340 e. The second-order valence-corrected chi connectivity index (χ2v) is 6.98. The number of phenolic OH excluding ortho intramolecular Hbond substituents is 2. The first kappa shape index (κ1) is 19.3. The molecule has 0 radical (unpaired) electrons. The lowest BCUT2D eigenvalue weighted by molar-refractivity contribution is 0.249. The number of hydrogen-bond donors (Lipinski definition) is 4. The highest BCUT2D eigenvalue weighted by molar-refractivity contribution is 6.06. The number of aromatic hydroxyl groups is 2. The molecule has 0 bridgehead atoms. The number of urea groups is 1. The molecule has 0 saturated heterocycles. The number of phenols is 2. The van der Waals surface area contributed by atoms with Crippen molar-refractivity contribution in [1.29, 1.82) is 0 Å². The topological polar surface area (TPSA) is 104 Å². The number of benzene rings is 2. The van der Waals surface area contributed by atoms with Crippen molar-refractivity contribution in [3.8, 4) is 11.5 Å². The molecule has 7 nitrogen and oxygen atoms in total. The van der Waals surface area contributed by atoms with Crippen LogP contribution in [-0.4, -0.2) is 20.8 Å². The van der Waals surface area contributed by atoms with Gasteiger partial charge in [0.15, 0.2) is 0 Å². The molecule has 1 aromatic heterocycles. The lowest BCUT2D eigenvalue weighted by Gasteiger charge is -2.26. The maximum absolute atomic E-state index is 12.6. The zero-order valence-corrected chi connectivity index (χ0v) is 16.1. The lowest BCUT2D eigenvalue weighted by Crippen LogP contribution is -2.42. The predicted molar refractivity (Wildman–Crippen MR) is 111 cm³/mol. The summed E-state index contributed by atoms with van der Waals surface area (Å²) in [7, 11) is 1.94. The summed E-state index contributed by atoms with van der Waals surface area (Å²) in [6.07, 6.45) is 1.93. The van der Waals surface area contributed by atoms with Gasteiger partial charge in [-0.25, -0.2) is 10.6 Å². The summed E-state index contributed by atoms with van der Waals surface area (Å²) < 4.78 is 1.97. The Bertz CT molecular complexity index is 1070. The molecule has 0 atom stereocenters. The first-order valence-corrected chi connectivity index (χ1v) is 8.85. The van der Waals surface area contributed by atoms with Crippen LogP contribution in [-0.2, 0) is 7.05 Å². The van der Waals surface area contributed by atoms with Crippen molar-refractivity contribution in [3.63, 3.8) is 0 Å². The molecule has 28 heavy (non-hydrogen) atoms. The summed E-state index contributed by atoms with van der Waals surface area (Å²) in [4.78, 5) is 13.9. The predicted octanol–water partition coefficient (Wildman–Crippen LogP) is 3.77. The molecule has 0 aliphatic carbocycles. The Balaban J connectivity index is 2.13. The van der Waals surface area contributed by atoms with Gasteiger partial charge in [0.2, 0.25) is 0 Å². The van der Waals surface area contributed by atoms with Gasteiger partial charge in [0.05, 0.1) is 11.4 Å². The van der Waals surface area contributed by atoms with Crippen LogP contribution in [0.25, 0.3) is 16.6 Å². The number of nitrogens with two attached hydrogens (primary N) is 1. The van der Waals surface area contributed by atoms with Gasteiger partial charge < -0.3 is 14.8 Å². The van der Waals surface area contributed by atoms with E-state index in [-0.39, 0.29) is 23.1 Å². The van der Waals surface area contributed by atoms with Crippen molar-refractivity contribution in [1.82, 2.24) is 9.99 Å². The Morgan fingerprint density at radius 3 is 2.54 bits per heavy atom. The zero-order chi connectivity index (χ0) is 20.6. The van der Waals surface area contributed by atoms with Crippen LogP contribution >= 0.6 is 0 Å². The SMILES string of the molecule is C=C(c1cc(C(C)C)c(O)cc1O)N(C(=O)NN)c1ccc2c(ccn2C)c1. The lowest BCUT2D eigenvalue weighted by atomic mass is 9.97. The van der Waals surface area contributed by atoms with Gasteiger partial charge in [-0.05, 0) is 41.8 Å². The summed E-state index contributed by atoms with van der Waals surface area (Å²) in [5, 5.41) is 21.4. The van der Waals surface area contributed by atoms with E-state index in [1.54, 1.807) is 12.1 Å². The summed E-state index contributed by atoms with van der Waals surface area (Å²) in [5.74, 6) is 5.22. The van der Waals surface area contributed by atoms with Crippen LogP contribution in [0.1, 0.15) is 30.9 Å². The number of hydrazine groups is 1. The highest BCUT2D eigenvalue weighted by Crippen LogP contribution is 2.38. The molecule has 0 unspecified atom stereocenters. The van der Waals surface area contributed by atoms with E-state index in [1.807, 2.05) is 49.9 Å². The maximum atomic E-state index is 12.6. The van der Waals surface area contributed by atoms with Crippen molar-refractivity contribution < 1.29 is 15.0 Å². The number of nitrogens with zero attached hydrogens (tertiary/aromatic N) is 2. The molecule has 0 aliphatic heterocycles. The first-order chi connectivity index (χ1) is 13.2. The zero-order valence-electron chi connectivity index (χ0n) is 16.1. The first-order valence-electron chi connectivity index (χ1n) is 8.85. The van der Waals surface area contributed by atoms with E-state index in [2.05, 4.69) is 12.0 Å². The minimum atomic E-state index is -0.598. The van der Waals surface area contributed by atoms with Gasteiger partial charge >= 0.3 is 6.03 Å². The van der Waals surface area contributed by atoms with E-state index in [0.717, 1.165) is 10.9 Å². The molecule has 3 rings (SSSR count). The molecule has 0 aliphatic rings. The third-order valence-electron chi connectivity index (χ3n) is 4.80. The van der Waals surface area contributed by atoms with E-state index in [4.69, 9.17) is 5.84 Å². The molecule has 0 saturated carbocycles. The van der Waals surface area contributed by atoms with Gasteiger partial charge in [0.25, 0.3) is 0 Å². The van der Waals surface area contributed by atoms with Crippen LogP contribution in [0.2, 0.25) is 0 Å². The van der Waals surface area contributed by atoms with E-state index >= 15 is 0 Å². The number of carbonyl (C=O) groups excluding carboxylic acids is 1. The number of amides is 2. The molecule has 0 fully saturated rings. The molecule has 2 amide bonds. The van der Waals surface area contributed by atoms with Gasteiger partial charge in [-0.1, -0.05) is 20.4 Å². The molecular weight excluding hydrogens is 356 g/mol. The van der Waals surface area contributed by atoms with Crippen molar-refractivity contribution in [3.05, 3.63) is 60.3 Å². The van der Waals surface area contributed by atoms with Crippen LogP contribution in [0.4, 0.5) is 10.5 Å². The van der Waals surface area contributed by atoms with Gasteiger partial charge in [-0.15, -0.1) is 0 Å². The van der Waals surface area contributed by atoms with Crippen molar-refractivity contribution in [2.24, 2.45) is 12.9 Å².